The van der Waals surface area contributed by atoms with Crippen LogP contribution < -0.4 is 5.32 Å². The van der Waals surface area contributed by atoms with Crippen LogP contribution in [-0.4, -0.2) is 35.2 Å². The fourth-order valence-electron chi connectivity index (χ4n) is 4.52. The number of benzene rings is 1. The van der Waals surface area contributed by atoms with E-state index in [2.05, 4.69) is 11.4 Å². The summed E-state index contributed by atoms with van der Waals surface area (Å²) in [6.45, 7) is 0.489. The maximum atomic E-state index is 13.4. The summed E-state index contributed by atoms with van der Waals surface area (Å²) in [5.41, 5.74) is 2.14. The van der Waals surface area contributed by atoms with Crippen molar-refractivity contribution in [2.24, 2.45) is 0 Å². The third kappa shape index (κ3) is 6.49. The molecule has 1 aromatic carbocycles. The molecule has 2 aliphatic carbocycles. The largest absolute Gasteiger partial charge is 0.351 e. The number of halogens is 2. The predicted molar refractivity (Wildman–Crippen MR) is 123 cm³/mol. The van der Waals surface area contributed by atoms with Gasteiger partial charge in [-0.15, -0.1) is 11.6 Å². The second-order valence-electron chi connectivity index (χ2n) is 8.38. The smallest absolute Gasteiger partial charge is 0.247 e. The van der Waals surface area contributed by atoms with Crippen molar-refractivity contribution in [3.8, 4) is 0 Å². The molecule has 3 rings (SSSR count). The number of hydrogen-bond acceptors (Lipinski definition) is 2. The monoisotopic (exact) mass is 450 g/mol. The second kappa shape index (κ2) is 11.8. The van der Waals surface area contributed by atoms with Crippen LogP contribution in [0.15, 0.2) is 35.9 Å². The average Bonchev–Trinajstić information content (AvgIpc) is 2.78. The first-order valence-corrected chi connectivity index (χ1v) is 12.1. The van der Waals surface area contributed by atoms with E-state index < -0.39 is 6.04 Å². The van der Waals surface area contributed by atoms with Crippen LogP contribution in [0.2, 0.25) is 5.02 Å². The Bertz CT molecular complexity index is 742. The molecule has 30 heavy (non-hydrogen) atoms. The summed E-state index contributed by atoms with van der Waals surface area (Å²) in [5.74, 6) is -0.480. The van der Waals surface area contributed by atoms with Crippen molar-refractivity contribution in [3.63, 3.8) is 0 Å². The number of hydrogen-bond donors (Lipinski definition) is 1. The average molecular weight is 451 g/mol. The Hall–Kier alpha value is -1.52. The highest BCUT2D eigenvalue weighted by atomic mass is 35.5. The summed E-state index contributed by atoms with van der Waals surface area (Å²) in [4.78, 5) is 27.9. The number of nitrogens with zero attached hydrogens (tertiary/aromatic N) is 1. The van der Waals surface area contributed by atoms with Gasteiger partial charge in [0, 0.05) is 17.6 Å². The standard InChI is InChI=1S/C24H32Cl2N2O2/c25-17-22(29)28(16-15-18-7-3-1-4-8-18)23(19-11-13-20(26)14-12-19)24(30)27-21-9-5-2-6-10-21/h7,11-14,21,23H,1-6,8-10,15-17H2,(H,27,30). The predicted octanol–water partition coefficient (Wildman–Crippen LogP) is 5.79. The van der Waals surface area contributed by atoms with Crippen molar-refractivity contribution in [3.05, 3.63) is 46.5 Å². The molecule has 0 spiro atoms. The highest BCUT2D eigenvalue weighted by molar-refractivity contribution is 6.30. The Balaban J connectivity index is 1.83. The third-order valence-electron chi connectivity index (χ3n) is 6.19. The molecular weight excluding hydrogens is 419 g/mol. The molecule has 0 heterocycles. The lowest BCUT2D eigenvalue weighted by Crippen LogP contribution is -2.47. The van der Waals surface area contributed by atoms with Crippen LogP contribution in [-0.2, 0) is 9.59 Å². The molecule has 1 fully saturated rings. The van der Waals surface area contributed by atoms with Gasteiger partial charge in [-0.25, -0.2) is 0 Å². The van der Waals surface area contributed by atoms with E-state index >= 15 is 0 Å². The van der Waals surface area contributed by atoms with Crippen molar-refractivity contribution in [1.82, 2.24) is 10.2 Å². The molecule has 1 atom stereocenters. The maximum Gasteiger partial charge on any atom is 0.247 e. The molecule has 0 aromatic heterocycles. The zero-order valence-electron chi connectivity index (χ0n) is 17.5. The summed E-state index contributed by atoms with van der Waals surface area (Å²) < 4.78 is 0. The van der Waals surface area contributed by atoms with Gasteiger partial charge in [0.15, 0.2) is 0 Å². The third-order valence-corrected chi connectivity index (χ3v) is 6.67. The van der Waals surface area contributed by atoms with E-state index in [1.807, 2.05) is 12.1 Å². The van der Waals surface area contributed by atoms with E-state index in [-0.39, 0.29) is 23.7 Å². The summed E-state index contributed by atoms with van der Waals surface area (Å²) >= 11 is 12.0. The van der Waals surface area contributed by atoms with E-state index in [1.165, 1.54) is 24.8 Å². The summed E-state index contributed by atoms with van der Waals surface area (Å²) in [7, 11) is 0. The zero-order valence-corrected chi connectivity index (χ0v) is 19.1. The number of nitrogens with one attached hydrogen (secondary N) is 1. The topological polar surface area (TPSA) is 49.4 Å². The first-order valence-electron chi connectivity index (χ1n) is 11.2. The SMILES string of the molecule is O=C(NC1CCCCC1)C(c1ccc(Cl)cc1)N(CCC1=CCCCC1)C(=O)CCl. The lowest BCUT2D eigenvalue weighted by atomic mass is 9.94. The van der Waals surface area contributed by atoms with Crippen LogP contribution >= 0.6 is 23.2 Å². The molecule has 0 radical (unpaired) electrons. The lowest BCUT2D eigenvalue weighted by molar-refractivity contribution is -0.139. The Morgan fingerprint density at radius 2 is 1.80 bits per heavy atom. The van der Waals surface area contributed by atoms with Gasteiger partial charge in [-0.3, -0.25) is 9.59 Å². The van der Waals surface area contributed by atoms with Crippen molar-refractivity contribution in [2.75, 3.05) is 12.4 Å². The van der Waals surface area contributed by atoms with Crippen LogP contribution in [0.3, 0.4) is 0 Å². The Morgan fingerprint density at radius 3 is 2.43 bits per heavy atom. The van der Waals surface area contributed by atoms with Gasteiger partial charge in [-0.2, -0.15) is 0 Å². The fraction of sp³-hybridized carbons (Fsp3) is 0.583. The number of rotatable bonds is 8. The number of alkyl halides is 1. The van der Waals surface area contributed by atoms with Crippen molar-refractivity contribution >= 4 is 35.0 Å². The van der Waals surface area contributed by atoms with Crippen LogP contribution in [0.25, 0.3) is 0 Å². The first kappa shape index (κ1) is 23.1. The van der Waals surface area contributed by atoms with Gasteiger partial charge in [-0.05, 0) is 62.6 Å². The number of amides is 2. The minimum absolute atomic E-state index is 0.125. The molecule has 0 saturated heterocycles. The molecule has 164 valence electrons. The number of allylic oxidation sites excluding steroid dienone is 1. The quantitative estimate of drug-likeness (QED) is 0.402. The van der Waals surface area contributed by atoms with E-state index in [0.29, 0.717) is 11.6 Å². The highest BCUT2D eigenvalue weighted by Crippen LogP contribution is 2.27. The van der Waals surface area contributed by atoms with E-state index in [9.17, 15) is 9.59 Å². The van der Waals surface area contributed by atoms with Crippen LogP contribution in [0.1, 0.15) is 75.8 Å². The second-order valence-corrected chi connectivity index (χ2v) is 9.08. The van der Waals surface area contributed by atoms with Gasteiger partial charge in [0.25, 0.3) is 0 Å². The molecule has 1 saturated carbocycles. The Labute approximate surface area is 190 Å². The normalized spacial score (nSPS) is 18.4. The van der Waals surface area contributed by atoms with Gasteiger partial charge >= 0.3 is 0 Å². The summed E-state index contributed by atoms with van der Waals surface area (Å²) in [5, 5.41) is 3.81. The molecule has 6 heteroatoms. The molecule has 1 unspecified atom stereocenters. The molecule has 4 nitrogen and oxygen atoms in total. The zero-order chi connectivity index (χ0) is 21.3. The lowest BCUT2D eigenvalue weighted by Gasteiger charge is -2.33. The number of carbonyl (C=O) groups excluding carboxylic acids is 2. The van der Waals surface area contributed by atoms with Gasteiger partial charge < -0.3 is 10.2 Å². The minimum atomic E-state index is -0.695. The maximum absolute atomic E-state index is 13.4. The van der Waals surface area contributed by atoms with E-state index in [4.69, 9.17) is 23.2 Å². The molecule has 2 aliphatic rings. The van der Waals surface area contributed by atoms with E-state index in [1.54, 1.807) is 17.0 Å². The van der Waals surface area contributed by atoms with Gasteiger partial charge in [0.1, 0.15) is 11.9 Å². The highest BCUT2D eigenvalue weighted by Gasteiger charge is 2.32. The van der Waals surface area contributed by atoms with Crippen LogP contribution in [0.4, 0.5) is 0 Å². The van der Waals surface area contributed by atoms with Crippen LogP contribution in [0.5, 0.6) is 0 Å². The molecule has 0 bridgehead atoms. The van der Waals surface area contributed by atoms with Crippen molar-refractivity contribution in [1.29, 1.82) is 0 Å². The molecule has 1 N–H and O–H groups in total. The summed E-state index contributed by atoms with van der Waals surface area (Å²) in [6.07, 6.45) is 13.1. The summed E-state index contributed by atoms with van der Waals surface area (Å²) in [6, 6.07) is 6.69. The molecule has 0 aliphatic heterocycles. The van der Waals surface area contributed by atoms with E-state index in [0.717, 1.165) is 50.5 Å². The molecular formula is C24H32Cl2N2O2. The van der Waals surface area contributed by atoms with Gasteiger partial charge in [0.2, 0.25) is 11.8 Å². The van der Waals surface area contributed by atoms with Gasteiger partial charge in [0.05, 0.1) is 0 Å². The molecule has 1 aromatic rings. The van der Waals surface area contributed by atoms with Crippen LogP contribution in [0, 0.1) is 0 Å². The Morgan fingerprint density at radius 1 is 1.07 bits per heavy atom. The molecule has 2 amide bonds. The minimum Gasteiger partial charge on any atom is -0.351 e. The van der Waals surface area contributed by atoms with Crippen molar-refractivity contribution < 1.29 is 9.59 Å². The van der Waals surface area contributed by atoms with Gasteiger partial charge in [-0.1, -0.05) is 54.6 Å². The first-order chi connectivity index (χ1) is 14.6. The Kier molecular flexibility index (Phi) is 9.07. The van der Waals surface area contributed by atoms with Crippen molar-refractivity contribution in [2.45, 2.75) is 76.3 Å². The number of carbonyl (C=O) groups is 2. The fourth-order valence-corrected chi connectivity index (χ4v) is 4.79.